The first-order valence-electron chi connectivity index (χ1n) is 10.7. The van der Waals surface area contributed by atoms with Gasteiger partial charge >= 0.3 is 6.18 Å². The van der Waals surface area contributed by atoms with Gasteiger partial charge in [0.15, 0.2) is 0 Å². The zero-order chi connectivity index (χ0) is 25.5. The van der Waals surface area contributed by atoms with Crippen LogP contribution in [0.15, 0.2) is 42.5 Å². The van der Waals surface area contributed by atoms with E-state index in [1.165, 1.54) is 36.2 Å². The predicted octanol–water partition coefficient (Wildman–Crippen LogP) is 2.99. The molecule has 0 aromatic heterocycles. The van der Waals surface area contributed by atoms with Crippen LogP contribution in [0.5, 0.6) is 0 Å². The Balaban J connectivity index is 1.67. The Kier molecular flexibility index (Phi) is 6.00. The Hall–Kier alpha value is -3.94. The van der Waals surface area contributed by atoms with E-state index in [9.17, 15) is 31.9 Å². The molecule has 1 saturated heterocycles. The Morgan fingerprint density at radius 2 is 1.83 bits per heavy atom. The fraction of sp³-hybridized carbons (Fsp3) is 0.333. The molecule has 4 rings (SSSR count). The zero-order valence-electron chi connectivity index (χ0n) is 18.5. The summed E-state index contributed by atoms with van der Waals surface area (Å²) in [5.74, 6) is -2.85. The van der Waals surface area contributed by atoms with Crippen LogP contribution in [-0.2, 0) is 27.1 Å². The van der Waals surface area contributed by atoms with E-state index in [-0.39, 0.29) is 36.5 Å². The van der Waals surface area contributed by atoms with Gasteiger partial charge in [-0.15, -0.1) is 0 Å². The molecule has 2 aliphatic rings. The van der Waals surface area contributed by atoms with E-state index in [0.717, 1.165) is 23.1 Å². The molecule has 2 aromatic carbocycles. The lowest BCUT2D eigenvalue weighted by molar-refractivity contribution is -0.165. The minimum Gasteiger partial charge on any atom is -0.359 e. The second kappa shape index (κ2) is 8.69. The van der Waals surface area contributed by atoms with Crippen molar-refractivity contribution in [2.24, 2.45) is 5.92 Å². The number of alkyl halides is 3. The summed E-state index contributed by atoms with van der Waals surface area (Å²) in [5, 5.41) is 11.5. The molecule has 0 bridgehead atoms. The topological polar surface area (TPSA) is 93.5 Å². The van der Waals surface area contributed by atoms with Gasteiger partial charge in [-0.25, -0.2) is 4.39 Å². The van der Waals surface area contributed by atoms with Crippen molar-refractivity contribution in [1.29, 1.82) is 5.26 Å². The molecule has 0 radical (unpaired) electrons. The third-order valence-corrected chi connectivity index (χ3v) is 6.53. The maximum Gasteiger partial charge on any atom is 0.416 e. The van der Waals surface area contributed by atoms with Crippen LogP contribution in [0.1, 0.15) is 29.5 Å². The van der Waals surface area contributed by atoms with Crippen molar-refractivity contribution in [3.8, 4) is 6.07 Å². The highest BCUT2D eigenvalue weighted by Crippen LogP contribution is 2.47. The predicted molar refractivity (Wildman–Crippen MR) is 115 cm³/mol. The van der Waals surface area contributed by atoms with Crippen LogP contribution in [0.2, 0.25) is 0 Å². The molecule has 0 unspecified atom stereocenters. The number of benzene rings is 2. The molecule has 1 heterocycles. The van der Waals surface area contributed by atoms with Gasteiger partial charge in [0.1, 0.15) is 17.9 Å². The first kappa shape index (κ1) is 24.2. The van der Waals surface area contributed by atoms with Gasteiger partial charge in [-0.2, -0.15) is 18.4 Å². The Morgan fingerprint density at radius 3 is 2.37 bits per heavy atom. The molecule has 7 nitrogen and oxygen atoms in total. The molecule has 2 fully saturated rings. The minimum atomic E-state index is -4.52. The van der Waals surface area contributed by atoms with Gasteiger partial charge in [0, 0.05) is 19.5 Å². The second-order valence-electron chi connectivity index (χ2n) is 8.59. The maximum absolute atomic E-state index is 14.7. The van der Waals surface area contributed by atoms with Crippen LogP contribution in [-0.4, -0.2) is 41.8 Å². The highest BCUT2D eigenvalue weighted by molar-refractivity contribution is 6.10. The molecule has 3 amide bonds. The summed E-state index contributed by atoms with van der Waals surface area (Å²) < 4.78 is 53.4. The van der Waals surface area contributed by atoms with Crippen LogP contribution < -0.4 is 10.2 Å². The van der Waals surface area contributed by atoms with E-state index in [1.807, 2.05) is 0 Å². The largest absolute Gasteiger partial charge is 0.416 e. The molecule has 11 heteroatoms. The number of carbonyl (C=O) groups is 3. The molecular formula is C24H20F4N4O3. The smallest absolute Gasteiger partial charge is 0.359 e. The maximum atomic E-state index is 14.7. The van der Waals surface area contributed by atoms with E-state index in [0.29, 0.717) is 5.56 Å². The fourth-order valence-electron chi connectivity index (χ4n) is 4.65. The van der Waals surface area contributed by atoms with Crippen molar-refractivity contribution in [3.63, 3.8) is 0 Å². The molecule has 1 aliphatic heterocycles. The highest BCUT2D eigenvalue weighted by atomic mass is 19.4. The van der Waals surface area contributed by atoms with E-state index in [4.69, 9.17) is 5.26 Å². The third kappa shape index (κ3) is 4.20. The standard InChI is InChI=1S/C24H20F4N4O3/c1-30-21(34)16-9-23(10-16)22(35)31(19-7-4-15(11-29)8-18(19)25)13-20(33)32(23)12-14-2-5-17(6-3-14)24(26,27)28/h2-8,16H,9-10,12-13H2,1H3,(H,30,34). The first-order chi connectivity index (χ1) is 16.5. The summed E-state index contributed by atoms with van der Waals surface area (Å²) in [5.41, 5.74) is -2.04. The van der Waals surface area contributed by atoms with Gasteiger partial charge in [-0.1, -0.05) is 12.1 Å². The normalized spacial score (nSPS) is 22.1. The summed E-state index contributed by atoms with van der Waals surface area (Å²) in [7, 11) is 1.44. The summed E-state index contributed by atoms with van der Waals surface area (Å²) >= 11 is 0. The highest BCUT2D eigenvalue weighted by Gasteiger charge is 2.61. The summed E-state index contributed by atoms with van der Waals surface area (Å²) in [4.78, 5) is 41.3. The minimum absolute atomic E-state index is 0.00766. The van der Waals surface area contributed by atoms with Gasteiger partial charge in [0.2, 0.25) is 11.8 Å². The number of piperazine rings is 1. The number of nitriles is 1. The number of nitrogens with one attached hydrogen (secondary N) is 1. The third-order valence-electron chi connectivity index (χ3n) is 6.53. The van der Waals surface area contributed by atoms with Crippen LogP contribution in [0, 0.1) is 23.1 Å². The molecule has 1 aliphatic carbocycles. The van der Waals surface area contributed by atoms with Gasteiger partial charge < -0.3 is 10.2 Å². The average molecular weight is 488 g/mol. The Labute approximate surface area is 197 Å². The lowest BCUT2D eigenvalue weighted by atomic mass is 9.64. The molecular weight excluding hydrogens is 468 g/mol. The Bertz CT molecular complexity index is 1230. The van der Waals surface area contributed by atoms with Gasteiger partial charge in [-0.3, -0.25) is 19.3 Å². The number of carbonyl (C=O) groups excluding carboxylic acids is 3. The lowest BCUT2D eigenvalue weighted by Crippen LogP contribution is -2.73. The molecule has 0 atom stereocenters. The van der Waals surface area contributed by atoms with Crippen LogP contribution >= 0.6 is 0 Å². The number of hydrogen-bond acceptors (Lipinski definition) is 4. The van der Waals surface area contributed by atoms with Crippen molar-refractivity contribution in [1.82, 2.24) is 10.2 Å². The average Bonchev–Trinajstić information content (AvgIpc) is 2.79. The molecule has 1 N–H and O–H groups in total. The van der Waals surface area contributed by atoms with Crippen LogP contribution in [0.25, 0.3) is 0 Å². The van der Waals surface area contributed by atoms with Crippen LogP contribution in [0.3, 0.4) is 0 Å². The summed E-state index contributed by atoms with van der Waals surface area (Å²) in [6.45, 7) is -0.637. The molecule has 35 heavy (non-hydrogen) atoms. The Morgan fingerprint density at radius 1 is 1.17 bits per heavy atom. The van der Waals surface area contributed by atoms with Crippen molar-refractivity contribution in [3.05, 3.63) is 65.0 Å². The number of anilines is 1. The van der Waals surface area contributed by atoms with Crippen molar-refractivity contribution in [2.45, 2.75) is 31.1 Å². The number of halogens is 4. The monoisotopic (exact) mass is 488 g/mol. The second-order valence-corrected chi connectivity index (χ2v) is 8.59. The zero-order valence-corrected chi connectivity index (χ0v) is 18.5. The fourth-order valence-corrected chi connectivity index (χ4v) is 4.65. The number of hydrogen-bond donors (Lipinski definition) is 1. The molecule has 1 saturated carbocycles. The molecule has 1 spiro atoms. The first-order valence-corrected chi connectivity index (χ1v) is 10.7. The van der Waals surface area contributed by atoms with Gasteiger partial charge in [0.25, 0.3) is 5.91 Å². The van der Waals surface area contributed by atoms with Crippen molar-refractivity contribution < 1.29 is 31.9 Å². The SMILES string of the molecule is CNC(=O)C1CC2(C1)C(=O)N(c1ccc(C#N)cc1F)CC(=O)N2Cc1ccc(C(F)(F)F)cc1. The van der Waals surface area contributed by atoms with E-state index in [2.05, 4.69) is 5.32 Å². The molecule has 182 valence electrons. The van der Waals surface area contributed by atoms with E-state index >= 15 is 0 Å². The van der Waals surface area contributed by atoms with Gasteiger partial charge in [0.05, 0.1) is 22.9 Å². The van der Waals surface area contributed by atoms with Crippen molar-refractivity contribution in [2.75, 3.05) is 18.5 Å². The van der Waals surface area contributed by atoms with E-state index in [1.54, 1.807) is 6.07 Å². The van der Waals surface area contributed by atoms with Gasteiger partial charge in [-0.05, 0) is 48.7 Å². The van der Waals surface area contributed by atoms with Crippen LogP contribution in [0.4, 0.5) is 23.2 Å². The van der Waals surface area contributed by atoms with E-state index < -0.39 is 47.4 Å². The number of rotatable bonds is 4. The summed E-state index contributed by atoms with van der Waals surface area (Å²) in [6, 6.07) is 9.58. The number of nitrogens with zero attached hydrogens (tertiary/aromatic N) is 3. The molecule has 2 aromatic rings. The lowest BCUT2D eigenvalue weighted by Gasteiger charge is -2.56. The summed E-state index contributed by atoms with van der Waals surface area (Å²) in [6.07, 6.45) is -4.53. The quantitative estimate of drug-likeness (QED) is 0.670. The number of amides is 3. The van der Waals surface area contributed by atoms with Crippen molar-refractivity contribution >= 4 is 23.4 Å².